The molecule has 9 heteroatoms. The van der Waals surface area contributed by atoms with Gasteiger partial charge in [-0.3, -0.25) is 9.59 Å². The summed E-state index contributed by atoms with van der Waals surface area (Å²) in [6.45, 7) is 3.02. The third-order valence-corrected chi connectivity index (χ3v) is 7.16. The fourth-order valence-corrected chi connectivity index (χ4v) is 5.25. The molecular weight excluding hydrogens is 482 g/mol. The van der Waals surface area contributed by atoms with Crippen molar-refractivity contribution in [3.63, 3.8) is 0 Å². The third-order valence-electron chi connectivity index (χ3n) is 7.16. The highest BCUT2D eigenvalue weighted by molar-refractivity contribution is 5.96. The minimum Gasteiger partial charge on any atom is -0.451 e. The van der Waals surface area contributed by atoms with E-state index in [-0.39, 0.29) is 36.5 Å². The van der Waals surface area contributed by atoms with Gasteiger partial charge < -0.3 is 29.7 Å². The number of amides is 2. The van der Waals surface area contributed by atoms with Gasteiger partial charge in [-0.1, -0.05) is 30.3 Å². The van der Waals surface area contributed by atoms with Crippen LogP contribution >= 0.6 is 0 Å². The lowest BCUT2D eigenvalue weighted by Crippen LogP contribution is -2.45. The van der Waals surface area contributed by atoms with Crippen molar-refractivity contribution in [1.82, 2.24) is 19.8 Å². The Morgan fingerprint density at radius 3 is 2.87 bits per heavy atom. The summed E-state index contributed by atoms with van der Waals surface area (Å²) >= 11 is 0. The number of nitrogens with one attached hydrogen (secondary N) is 1. The van der Waals surface area contributed by atoms with Gasteiger partial charge in [-0.15, -0.1) is 0 Å². The van der Waals surface area contributed by atoms with E-state index in [1.807, 2.05) is 47.4 Å². The van der Waals surface area contributed by atoms with Gasteiger partial charge in [0.25, 0.3) is 5.91 Å². The lowest BCUT2D eigenvalue weighted by atomic mass is 9.96. The maximum absolute atomic E-state index is 13.2. The quantitative estimate of drug-likeness (QED) is 0.310. The number of hydrogen-bond donors (Lipinski definition) is 2. The number of ether oxygens (including phenoxy) is 1. The zero-order valence-electron chi connectivity index (χ0n) is 21.8. The van der Waals surface area contributed by atoms with Crippen molar-refractivity contribution in [1.29, 1.82) is 0 Å². The van der Waals surface area contributed by atoms with Gasteiger partial charge in [0.15, 0.2) is 5.76 Å². The number of methoxy groups -OCH3 is 1. The number of nitrogens with two attached hydrogens (primary N) is 1. The van der Waals surface area contributed by atoms with Crippen LogP contribution in [-0.2, 0) is 16.1 Å². The summed E-state index contributed by atoms with van der Waals surface area (Å²) in [5.74, 6) is 1.09. The molecule has 9 nitrogen and oxygen atoms in total. The van der Waals surface area contributed by atoms with E-state index in [4.69, 9.17) is 19.9 Å². The summed E-state index contributed by atoms with van der Waals surface area (Å²) in [4.78, 5) is 32.6. The number of benzene rings is 2. The number of piperidine rings is 1. The predicted octanol–water partition coefficient (Wildman–Crippen LogP) is 3.67. The van der Waals surface area contributed by atoms with Gasteiger partial charge in [0.05, 0.1) is 11.0 Å². The van der Waals surface area contributed by atoms with E-state index in [0.29, 0.717) is 25.3 Å². The van der Waals surface area contributed by atoms with Crippen molar-refractivity contribution in [3.8, 4) is 0 Å². The first kappa shape index (κ1) is 25.9. The highest BCUT2D eigenvalue weighted by atomic mass is 16.5. The molecule has 200 valence electrons. The van der Waals surface area contributed by atoms with Crippen LogP contribution in [0.4, 0.5) is 0 Å². The topological polar surface area (TPSA) is 116 Å². The van der Waals surface area contributed by atoms with Gasteiger partial charge in [0.1, 0.15) is 11.4 Å². The van der Waals surface area contributed by atoms with Crippen LogP contribution in [0.3, 0.4) is 0 Å². The molecule has 0 unspecified atom stereocenters. The highest BCUT2D eigenvalue weighted by Crippen LogP contribution is 2.30. The van der Waals surface area contributed by atoms with Crippen molar-refractivity contribution in [2.45, 2.75) is 44.2 Å². The molecule has 38 heavy (non-hydrogen) atoms. The fraction of sp³-hybridized carbons (Fsp3) is 0.414. The lowest BCUT2D eigenvalue weighted by Gasteiger charge is -2.33. The first-order valence-electron chi connectivity index (χ1n) is 13.3. The summed E-state index contributed by atoms with van der Waals surface area (Å²) in [6.07, 6.45) is 2.96. The second-order valence-corrected chi connectivity index (χ2v) is 9.96. The molecule has 0 aliphatic carbocycles. The number of imidazole rings is 1. The van der Waals surface area contributed by atoms with Gasteiger partial charge in [0, 0.05) is 63.7 Å². The van der Waals surface area contributed by atoms with Crippen LogP contribution in [0.2, 0.25) is 0 Å². The maximum atomic E-state index is 13.2. The van der Waals surface area contributed by atoms with E-state index >= 15 is 0 Å². The van der Waals surface area contributed by atoms with E-state index in [9.17, 15) is 9.59 Å². The Balaban J connectivity index is 1.19. The second kappa shape index (κ2) is 11.8. The number of carbonyl (C=O) groups is 2. The minimum atomic E-state index is -0.491. The molecule has 3 heterocycles. The van der Waals surface area contributed by atoms with Crippen LogP contribution < -0.4 is 11.1 Å². The number of rotatable bonds is 10. The molecule has 0 saturated carbocycles. The molecule has 0 spiro atoms. The van der Waals surface area contributed by atoms with Gasteiger partial charge >= 0.3 is 0 Å². The number of nitrogens with zero attached hydrogens (tertiary/aromatic N) is 3. The molecule has 1 saturated heterocycles. The van der Waals surface area contributed by atoms with Crippen LogP contribution in [-0.4, -0.2) is 65.7 Å². The Morgan fingerprint density at radius 1 is 1.21 bits per heavy atom. The van der Waals surface area contributed by atoms with Crippen molar-refractivity contribution in [3.05, 3.63) is 66.2 Å². The van der Waals surface area contributed by atoms with Crippen molar-refractivity contribution < 1.29 is 18.7 Å². The normalized spacial score (nSPS) is 16.7. The van der Waals surface area contributed by atoms with Gasteiger partial charge in [-0.05, 0) is 43.5 Å². The second-order valence-electron chi connectivity index (χ2n) is 9.96. The summed E-state index contributed by atoms with van der Waals surface area (Å²) in [6, 6.07) is 16.8. The van der Waals surface area contributed by atoms with E-state index < -0.39 is 6.04 Å². The molecule has 2 amide bonds. The van der Waals surface area contributed by atoms with Crippen LogP contribution in [0.15, 0.2) is 59.0 Å². The first-order chi connectivity index (χ1) is 18.5. The molecule has 1 aliphatic rings. The lowest BCUT2D eigenvalue weighted by molar-refractivity contribution is -0.132. The molecule has 4 aromatic rings. The number of furan rings is 1. The Hall–Kier alpha value is -3.69. The molecule has 2 atom stereocenters. The summed E-state index contributed by atoms with van der Waals surface area (Å²) in [7, 11) is 1.71. The molecule has 5 rings (SSSR count). The monoisotopic (exact) mass is 517 g/mol. The molecule has 0 radical (unpaired) electrons. The number of fused-ring (bicyclic) bond motifs is 2. The molecular formula is C29H35N5O4. The summed E-state index contributed by atoms with van der Waals surface area (Å²) < 4.78 is 13.2. The van der Waals surface area contributed by atoms with Crippen molar-refractivity contribution in [2.75, 3.05) is 33.4 Å². The number of aromatic nitrogens is 2. The third kappa shape index (κ3) is 5.74. The molecule has 2 aromatic carbocycles. The van der Waals surface area contributed by atoms with Crippen LogP contribution in [0.5, 0.6) is 0 Å². The Kier molecular flexibility index (Phi) is 8.05. The van der Waals surface area contributed by atoms with Crippen LogP contribution in [0, 0.1) is 0 Å². The largest absolute Gasteiger partial charge is 0.451 e. The zero-order valence-corrected chi connectivity index (χ0v) is 21.8. The first-order valence-corrected chi connectivity index (χ1v) is 13.3. The summed E-state index contributed by atoms with van der Waals surface area (Å²) in [5, 5.41) is 3.66. The minimum absolute atomic E-state index is 0.00206. The zero-order chi connectivity index (χ0) is 26.5. The molecule has 1 aliphatic heterocycles. The average molecular weight is 518 g/mol. The smallest absolute Gasteiger partial charge is 0.287 e. The van der Waals surface area contributed by atoms with E-state index in [2.05, 4.69) is 16.0 Å². The standard InChI is InChI=1S/C29H35N5O4/c1-37-15-7-14-34-24-11-4-3-10-23(24)32-28(34)21-9-6-13-33(19-21)27(35)17-22(30)18-31-29(36)26-16-20-8-2-5-12-25(20)38-26/h2-5,8,10-12,16,21-22H,6-7,9,13-15,17-19,30H2,1H3,(H,31,36)/t21-,22-/m1/s1. The number of aryl methyl sites for hydroxylation is 1. The number of hydrogen-bond acceptors (Lipinski definition) is 6. The number of carbonyl (C=O) groups excluding carboxylic acids is 2. The van der Waals surface area contributed by atoms with Crippen LogP contribution in [0.25, 0.3) is 22.0 Å². The van der Waals surface area contributed by atoms with Gasteiger partial charge in [-0.2, -0.15) is 0 Å². The summed E-state index contributed by atoms with van der Waals surface area (Å²) in [5.41, 5.74) is 9.00. The van der Waals surface area contributed by atoms with E-state index in [1.165, 1.54) is 0 Å². The molecule has 0 bridgehead atoms. The predicted molar refractivity (Wildman–Crippen MR) is 146 cm³/mol. The SMILES string of the molecule is COCCCn1c([C@@H]2CCCN(C(=O)C[C@@H](N)CNC(=O)c3cc4ccccc4o3)C2)nc2ccccc21. The molecule has 1 fully saturated rings. The number of para-hydroxylation sites is 3. The average Bonchev–Trinajstić information content (AvgIpc) is 3.54. The van der Waals surface area contributed by atoms with E-state index in [1.54, 1.807) is 13.2 Å². The number of likely N-dealkylation sites (tertiary alicyclic amines) is 1. The Morgan fingerprint density at radius 2 is 2.03 bits per heavy atom. The van der Waals surface area contributed by atoms with Gasteiger partial charge in [0.2, 0.25) is 5.91 Å². The Labute approximate surface area is 221 Å². The van der Waals surface area contributed by atoms with Crippen LogP contribution in [0.1, 0.15) is 48.0 Å². The Bertz CT molecular complexity index is 1380. The van der Waals surface area contributed by atoms with E-state index in [0.717, 1.165) is 48.1 Å². The molecule has 2 aromatic heterocycles. The van der Waals surface area contributed by atoms with Crippen molar-refractivity contribution in [2.24, 2.45) is 5.73 Å². The fourth-order valence-electron chi connectivity index (χ4n) is 5.25. The maximum Gasteiger partial charge on any atom is 0.287 e. The highest BCUT2D eigenvalue weighted by Gasteiger charge is 2.29. The van der Waals surface area contributed by atoms with Crippen molar-refractivity contribution >= 4 is 33.8 Å². The van der Waals surface area contributed by atoms with Gasteiger partial charge in [-0.25, -0.2) is 4.98 Å². The molecule has 3 N–H and O–H groups in total.